The van der Waals surface area contributed by atoms with Crippen molar-refractivity contribution in [2.24, 2.45) is 0 Å². The molecule has 28 heavy (non-hydrogen) atoms. The number of rotatable bonds is 6. The van der Waals surface area contributed by atoms with Gasteiger partial charge in [0.15, 0.2) is 6.61 Å². The summed E-state index contributed by atoms with van der Waals surface area (Å²) in [7, 11) is 0. The number of hydrogen-bond donors (Lipinski definition) is 1. The molecule has 6 nitrogen and oxygen atoms in total. The van der Waals surface area contributed by atoms with Gasteiger partial charge in [0.1, 0.15) is 22.2 Å². The number of halogens is 2. The molecular formula is C19H17F2NO5S. The highest BCUT2D eigenvalue weighted by Gasteiger charge is 2.28. The van der Waals surface area contributed by atoms with Crippen LogP contribution in [0.25, 0.3) is 0 Å². The fourth-order valence-corrected chi connectivity index (χ4v) is 4.26. The molecule has 1 aromatic heterocycles. The van der Waals surface area contributed by atoms with Gasteiger partial charge in [0.25, 0.3) is 5.91 Å². The third-order valence-corrected chi connectivity index (χ3v) is 5.36. The van der Waals surface area contributed by atoms with Crippen molar-refractivity contribution in [3.8, 4) is 0 Å². The van der Waals surface area contributed by atoms with Crippen molar-refractivity contribution in [3.05, 3.63) is 51.4 Å². The number of amides is 1. The maximum atomic E-state index is 13.6. The van der Waals surface area contributed by atoms with Crippen LogP contribution in [0.5, 0.6) is 0 Å². The molecule has 1 heterocycles. The van der Waals surface area contributed by atoms with Crippen LogP contribution in [0.3, 0.4) is 0 Å². The summed E-state index contributed by atoms with van der Waals surface area (Å²) >= 11 is 1.27. The molecule has 1 aromatic carbocycles. The largest absolute Gasteiger partial charge is 0.462 e. The van der Waals surface area contributed by atoms with E-state index in [1.165, 1.54) is 11.3 Å². The quantitative estimate of drug-likeness (QED) is 0.739. The molecule has 0 radical (unpaired) electrons. The Bertz CT molecular complexity index is 920. The lowest BCUT2D eigenvalue weighted by molar-refractivity contribution is -0.119. The summed E-state index contributed by atoms with van der Waals surface area (Å²) in [6.07, 6.45) is 2.45. The summed E-state index contributed by atoms with van der Waals surface area (Å²) in [5.74, 6) is -4.70. The van der Waals surface area contributed by atoms with Gasteiger partial charge < -0.3 is 14.8 Å². The third-order valence-electron chi connectivity index (χ3n) is 4.16. The molecular weight excluding hydrogens is 392 g/mol. The smallest absolute Gasteiger partial charge is 0.344 e. The Morgan fingerprint density at radius 3 is 2.43 bits per heavy atom. The van der Waals surface area contributed by atoms with E-state index in [-0.39, 0.29) is 6.61 Å². The van der Waals surface area contributed by atoms with Gasteiger partial charge in [-0.25, -0.2) is 18.4 Å². The highest BCUT2D eigenvalue weighted by Crippen LogP contribution is 2.39. The molecule has 0 spiro atoms. The summed E-state index contributed by atoms with van der Waals surface area (Å²) < 4.78 is 36.9. The van der Waals surface area contributed by atoms with Crippen LogP contribution in [-0.2, 0) is 27.1 Å². The minimum Gasteiger partial charge on any atom is -0.462 e. The number of anilines is 1. The number of carbonyl (C=O) groups excluding carboxylic acids is 3. The first-order valence-corrected chi connectivity index (χ1v) is 9.46. The Hall–Kier alpha value is -2.81. The Morgan fingerprint density at radius 2 is 1.75 bits per heavy atom. The van der Waals surface area contributed by atoms with Gasteiger partial charge in [-0.15, -0.1) is 11.3 Å². The van der Waals surface area contributed by atoms with Gasteiger partial charge >= 0.3 is 11.9 Å². The summed E-state index contributed by atoms with van der Waals surface area (Å²) in [6, 6.07) is 2.94. The van der Waals surface area contributed by atoms with Crippen molar-refractivity contribution in [1.29, 1.82) is 0 Å². The van der Waals surface area contributed by atoms with E-state index in [9.17, 15) is 23.2 Å². The fraction of sp³-hybridized carbons (Fsp3) is 0.316. The maximum Gasteiger partial charge on any atom is 0.344 e. The monoisotopic (exact) mass is 409 g/mol. The van der Waals surface area contributed by atoms with Crippen LogP contribution < -0.4 is 5.32 Å². The van der Waals surface area contributed by atoms with Crippen molar-refractivity contribution >= 4 is 34.2 Å². The van der Waals surface area contributed by atoms with Crippen molar-refractivity contribution in [2.75, 3.05) is 18.5 Å². The van der Waals surface area contributed by atoms with Crippen LogP contribution in [0.2, 0.25) is 0 Å². The number of fused-ring (bicyclic) bond motifs is 1. The molecule has 0 atom stereocenters. The van der Waals surface area contributed by atoms with Crippen LogP contribution in [0.1, 0.15) is 44.5 Å². The Kier molecular flexibility index (Phi) is 6.03. The van der Waals surface area contributed by atoms with Crippen LogP contribution >= 0.6 is 11.3 Å². The zero-order chi connectivity index (χ0) is 20.3. The molecule has 0 saturated carbocycles. The number of esters is 2. The van der Waals surface area contributed by atoms with Gasteiger partial charge in [0, 0.05) is 4.88 Å². The second kappa shape index (κ2) is 8.47. The van der Waals surface area contributed by atoms with E-state index in [1.807, 2.05) is 0 Å². The molecule has 2 aromatic rings. The first-order chi connectivity index (χ1) is 13.4. The lowest BCUT2D eigenvalue weighted by Gasteiger charge is -2.09. The van der Waals surface area contributed by atoms with E-state index in [2.05, 4.69) is 5.32 Å². The summed E-state index contributed by atoms with van der Waals surface area (Å²) in [6.45, 7) is 1.13. The molecule has 1 aliphatic carbocycles. The molecule has 0 fully saturated rings. The van der Waals surface area contributed by atoms with E-state index in [0.717, 1.165) is 47.9 Å². The summed E-state index contributed by atoms with van der Waals surface area (Å²) in [5, 5.41) is 2.85. The number of thiophene rings is 1. The minimum atomic E-state index is -1.29. The topological polar surface area (TPSA) is 81.7 Å². The van der Waals surface area contributed by atoms with Gasteiger partial charge in [0.05, 0.1) is 12.2 Å². The number of aryl methyl sites for hydroxylation is 1. The van der Waals surface area contributed by atoms with Crippen molar-refractivity contribution < 1.29 is 32.6 Å². The lowest BCUT2D eigenvalue weighted by atomic mass is 10.1. The van der Waals surface area contributed by atoms with E-state index < -0.39 is 41.7 Å². The van der Waals surface area contributed by atoms with Crippen LogP contribution in [-0.4, -0.2) is 31.1 Å². The third kappa shape index (κ3) is 4.04. The zero-order valence-corrected chi connectivity index (χ0v) is 15.8. The number of carbonyl (C=O) groups is 3. The molecule has 0 saturated heterocycles. The van der Waals surface area contributed by atoms with Gasteiger partial charge in [-0.3, -0.25) is 4.79 Å². The number of nitrogens with one attached hydrogen (secondary N) is 1. The van der Waals surface area contributed by atoms with E-state index in [0.29, 0.717) is 10.6 Å². The van der Waals surface area contributed by atoms with Crippen LogP contribution in [0, 0.1) is 11.6 Å². The van der Waals surface area contributed by atoms with Crippen molar-refractivity contribution in [2.45, 2.75) is 26.2 Å². The van der Waals surface area contributed by atoms with Crippen LogP contribution in [0.4, 0.5) is 13.8 Å². The fourth-order valence-electron chi connectivity index (χ4n) is 2.97. The molecule has 1 amide bonds. The molecule has 0 aliphatic heterocycles. The van der Waals surface area contributed by atoms with Crippen LogP contribution in [0.15, 0.2) is 18.2 Å². The average Bonchev–Trinajstić information content (AvgIpc) is 3.20. The molecule has 3 rings (SSSR count). The second-order valence-electron chi connectivity index (χ2n) is 6.00. The number of ether oxygens (including phenoxy) is 2. The highest BCUT2D eigenvalue weighted by molar-refractivity contribution is 7.17. The summed E-state index contributed by atoms with van der Waals surface area (Å²) in [4.78, 5) is 37.3. The Morgan fingerprint density at radius 1 is 1.07 bits per heavy atom. The van der Waals surface area contributed by atoms with Gasteiger partial charge in [-0.2, -0.15) is 0 Å². The summed E-state index contributed by atoms with van der Waals surface area (Å²) in [5.41, 5.74) is 0.320. The lowest BCUT2D eigenvalue weighted by Crippen LogP contribution is -2.22. The second-order valence-corrected chi connectivity index (χ2v) is 7.11. The molecule has 0 bridgehead atoms. The SMILES string of the molecule is CCOC(=O)c1c(NC(=O)COC(=O)c2c(F)cccc2F)sc2c1CCC2. The average molecular weight is 409 g/mol. The molecule has 1 aliphatic rings. The molecule has 0 unspecified atom stereocenters. The van der Waals surface area contributed by atoms with E-state index in [1.54, 1.807) is 6.92 Å². The Labute approximate surface area is 163 Å². The van der Waals surface area contributed by atoms with E-state index >= 15 is 0 Å². The van der Waals surface area contributed by atoms with Crippen molar-refractivity contribution in [1.82, 2.24) is 0 Å². The highest BCUT2D eigenvalue weighted by atomic mass is 32.1. The first kappa shape index (κ1) is 19.9. The maximum absolute atomic E-state index is 13.6. The predicted octanol–water partition coefficient (Wildman–Crippen LogP) is 3.49. The Balaban J connectivity index is 1.69. The number of benzene rings is 1. The van der Waals surface area contributed by atoms with Crippen molar-refractivity contribution in [3.63, 3.8) is 0 Å². The standard InChI is InChI=1S/C19H17F2NO5S/c1-2-26-18(24)15-10-5-3-8-13(10)28-17(15)22-14(23)9-27-19(25)16-11(20)6-4-7-12(16)21/h4,6-7H,2-3,5,8-9H2,1H3,(H,22,23). The van der Waals surface area contributed by atoms with Gasteiger partial charge in [-0.1, -0.05) is 6.07 Å². The minimum absolute atomic E-state index is 0.197. The van der Waals surface area contributed by atoms with E-state index in [4.69, 9.17) is 9.47 Å². The first-order valence-electron chi connectivity index (χ1n) is 8.65. The molecule has 9 heteroatoms. The predicted molar refractivity (Wildman–Crippen MR) is 97.6 cm³/mol. The molecule has 1 N–H and O–H groups in total. The van der Waals surface area contributed by atoms with Gasteiger partial charge in [0.2, 0.25) is 0 Å². The number of hydrogen-bond acceptors (Lipinski definition) is 6. The van der Waals surface area contributed by atoms with Gasteiger partial charge in [-0.05, 0) is 43.9 Å². The zero-order valence-electron chi connectivity index (χ0n) is 15.0. The molecule has 148 valence electrons. The normalized spacial score (nSPS) is 12.4.